The predicted molar refractivity (Wildman–Crippen MR) is 104 cm³/mol. The largest absolute Gasteiger partial charge is 0.668 e. The fourth-order valence-electron chi connectivity index (χ4n) is 0. The molecule has 0 rings (SSSR count). The molecule has 0 heterocycles. The van der Waals surface area contributed by atoms with Gasteiger partial charge in [0.15, 0.2) is 0 Å². The van der Waals surface area contributed by atoms with Crippen molar-refractivity contribution in [3.8, 4) is 0 Å². The van der Waals surface area contributed by atoms with Gasteiger partial charge in [-0.2, -0.15) is 14.1 Å². The molecule has 1 N–H and O–H groups in total. The van der Waals surface area contributed by atoms with Gasteiger partial charge in [0.2, 0.25) is 0 Å². The van der Waals surface area contributed by atoms with Crippen molar-refractivity contribution in [2.75, 3.05) is 28.2 Å². The van der Waals surface area contributed by atoms with E-state index in [-0.39, 0.29) is 117 Å². The summed E-state index contributed by atoms with van der Waals surface area (Å²) in [5.41, 5.74) is 0. The van der Waals surface area contributed by atoms with E-state index in [9.17, 15) is 0 Å². The van der Waals surface area contributed by atoms with Crippen molar-refractivity contribution < 1.29 is 65.4 Å². The molecule has 0 spiro atoms. The van der Waals surface area contributed by atoms with Crippen molar-refractivity contribution in [1.29, 1.82) is 0 Å². The maximum absolute atomic E-state index is 3.50. The van der Waals surface area contributed by atoms with Crippen LogP contribution in [0, 0.1) is 22.3 Å². The van der Waals surface area contributed by atoms with Crippen LogP contribution in [0.3, 0.4) is 0 Å². The van der Waals surface area contributed by atoms with Crippen LogP contribution in [0.1, 0.15) is 63.8 Å². The minimum Gasteiger partial charge on any atom is -0.668 e. The minimum atomic E-state index is 0. The summed E-state index contributed by atoms with van der Waals surface area (Å²) in [5.74, 6) is 0. The van der Waals surface area contributed by atoms with Crippen LogP contribution in [0.5, 0.6) is 0 Å². The first-order valence-corrected chi connectivity index (χ1v) is 4.31. The van der Waals surface area contributed by atoms with Crippen LogP contribution in [-0.2, 0) is 65.4 Å². The van der Waals surface area contributed by atoms with Crippen molar-refractivity contribution >= 4 is 0 Å². The van der Waals surface area contributed by atoms with Crippen molar-refractivity contribution in [2.24, 2.45) is 0 Å². The van der Waals surface area contributed by atoms with Gasteiger partial charge in [-0.15, -0.1) is 0 Å². The molecule has 0 fully saturated rings. The zero-order chi connectivity index (χ0) is 10.1. The van der Waals surface area contributed by atoms with E-state index in [1.807, 2.05) is 27.9 Å². The van der Waals surface area contributed by atoms with Gasteiger partial charge >= 0.3 is 0 Å². The Kier molecular flexibility index (Phi) is 1930. The van der Waals surface area contributed by atoms with Gasteiger partial charge in [-0.3, -0.25) is 0 Å². The molecule has 0 bridgehead atoms. The molecule has 2 radical (unpaired) electrons. The molecule has 0 aromatic rings. The smallest absolute Gasteiger partial charge is 0 e. The first kappa shape index (κ1) is 119. The van der Waals surface area contributed by atoms with E-state index < -0.39 is 0 Å². The van der Waals surface area contributed by atoms with Gasteiger partial charge in [0.05, 0.1) is 0 Å². The maximum atomic E-state index is 3.50. The number of nitrogens with zero attached hydrogens (tertiary/aromatic N) is 1. The number of rotatable bonds is 0. The fraction of sp³-hybridized carbons (Fsp3) is 0.812. The molecule has 0 saturated heterocycles. The number of hydrogen-bond acceptors (Lipinski definition) is 1. The van der Waals surface area contributed by atoms with Crippen LogP contribution in [0.25, 0.3) is 5.32 Å². The van der Waals surface area contributed by atoms with Crippen LogP contribution in [0.15, 0.2) is 0 Å². The molecule has 20 heavy (non-hydrogen) atoms. The molecule has 0 amide bonds. The molecular weight excluding hydrogens is 398 g/mol. The van der Waals surface area contributed by atoms with Crippen LogP contribution in [0.4, 0.5) is 0 Å². The summed E-state index contributed by atoms with van der Waals surface area (Å²) in [5, 5.41) is 6.25. The fourth-order valence-corrected chi connectivity index (χ4v) is 0. The quantitative estimate of drug-likeness (QED) is 0.404. The molecule has 4 heteroatoms. The predicted octanol–water partition coefficient (Wildman–Crippen LogP) is 6.79. The molecule has 0 aromatic heterocycles. The molecular formula is C16H52N2Y2-4. The van der Waals surface area contributed by atoms with Gasteiger partial charge in [0.25, 0.3) is 0 Å². The Hall–Kier alpha value is 2.13. The van der Waals surface area contributed by atoms with E-state index in [0.717, 1.165) is 0 Å². The average Bonchev–Trinajstić information content (AvgIpc) is 1.96. The van der Waals surface area contributed by atoms with Crippen molar-refractivity contribution in [1.82, 2.24) is 5.32 Å². The van der Waals surface area contributed by atoms with E-state index >= 15 is 0 Å². The Labute approximate surface area is 188 Å². The normalized spacial score (nSPS) is 3.00. The molecule has 0 unspecified atom stereocenters. The molecule has 0 aliphatic heterocycles. The number of hydrogen-bond donors (Lipinski definition) is 1. The molecule has 0 aliphatic rings. The molecule has 2 nitrogen and oxygen atoms in total. The third-order valence-corrected chi connectivity index (χ3v) is 0. The number of nitrogens with one attached hydrogen (secondary N) is 1. The van der Waals surface area contributed by atoms with Gasteiger partial charge in [0.1, 0.15) is 0 Å². The first-order valence-electron chi connectivity index (χ1n) is 4.31. The summed E-state index contributed by atoms with van der Waals surface area (Å²) in [6.07, 6.45) is 1.25. The Morgan fingerprint density at radius 1 is 0.700 bits per heavy atom. The van der Waals surface area contributed by atoms with Gasteiger partial charge in [-0.1, -0.05) is 63.8 Å². The minimum absolute atomic E-state index is 0. The average molecular weight is 450 g/mol. The molecule has 0 aliphatic carbocycles. The molecule has 0 atom stereocenters. The van der Waals surface area contributed by atoms with Gasteiger partial charge in [-0.25, -0.2) is 0 Å². The monoisotopic (exact) mass is 450 g/mol. The summed E-state index contributed by atoms with van der Waals surface area (Å²) < 4.78 is 0. The summed E-state index contributed by atoms with van der Waals surface area (Å²) in [7, 11) is 7.25. The second-order valence-corrected chi connectivity index (χ2v) is 1.65. The topological polar surface area (TPSA) is 26.1 Å². The summed E-state index contributed by atoms with van der Waals surface area (Å²) in [4.78, 5) is 0. The zero-order valence-corrected chi connectivity index (χ0v) is 19.5. The maximum Gasteiger partial charge on any atom is 0 e. The second-order valence-electron chi connectivity index (χ2n) is 1.65. The Bertz CT molecular complexity index is 23.2. The van der Waals surface area contributed by atoms with E-state index in [4.69, 9.17) is 0 Å². The van der Waals surface area contributed by atoms with Crippen molar-refractivity contribution in [3.63, 3.8) is 0 Å². The molecule has 136 valence electrons. The summed E-state index contributed by atoms with van der Waals surface area (Å²) >= 11 is 0. The van der Waals surface area contributed by atoms with Gasteiger partial charge in [0, 0.05) is 65.4 Å². The Morgan fingerprint density at radius 2 is 0.700 bits per heavy atom. The first-order chi connectivity index (χ1) is 5.24. The third kappa shape index (κ3) is 1630. The zero-order valence-electron chi connectivity index (χ0n) is 13.8. The Morgan fingerprint density at radius 3 is 0.700 bits per heavy atom. The second kappa shape index (κ2) is 326. The van der Waals surface area contributed by atoms with Crippen LogP contribution in [0.2, 0.25) is 0 Å². The van der Waals surface area contributed by atoms with Crippen LogP contribution < -0.4 is 5.32 Å². The van der Waals surface area contributed by atoms with E-state index in [2.05, 4.69) is 24.5 Å². The molecule has 0 aromatic carbocycles. The van der Waals surface area contributed by atoms with Crippen molar-refractivity contribution in [2.45, 2.75) is 63.8 Å². The summed E-state index contributed by atoms with van der Waals surface area (Å²) in [6.45, 7) is 8.25. The van der Waals surface area contributed by atoms with E-state index in [1.165, 1.54) is 6.42 Å². The standard InChI is InChI=1S/C3H8.C2H7N.C2H6N.C2H6.4CH4.3CH3.2Y/c3*1-3-2;1-2;;;;;;;;;/h3H2,1-2H3;3H,1-2H3;1-2H3;1-2H3;4*1H4;3*1H3;;/q;;-1;;;;;;3*-1;;. The summed E-state index contributed by atoms with van der Waals surface area (Å²) in [6, 6.07) is 0. The third-order valence-electron chi connectivity index (χ3n) is 0. The van der Waals surface area contributed by atoms with Gasteiger partial charge in [-0.05, 0) is 14.1 Å². The SMILES string of the molecule is C.C.C.C.CC.CCC.CNC.C[N-]C.[CH3-].[CH3-].[CH3-].[Y].[Y]. The van der Waals surface area contributed by atoms with Crippen LogP contribution >= 0.6 is 0 Å². The Balaban J connectivity index is -0.00000000260. The van der Waals surface area contributed by atoms with Crippen molar-refractivity contribution in [3.05, 3.63) is 27.6 Å². The van der Waals surface area contributed by atoms with E-state index in [1.54, 1.807) is 14.1 Å². The van der Waals surface area contributed by atoms with E-state index in [0.29, 0.717) is 0 Å². The van der Waals surface area contributed by atoms with Crippen LogP contribution in [-0.4, -0.2) is 28.2 Å². The van der Waals surface area contributed by atoms with Gasteiger partial charge < -0.3 is 32.9 Å². The molecule has 0 saturated carbocycles.